The van der Waals surface area contributed by atoms with Crippen LogP contribution in [0.1, 0.15) is 13.8 Å². The molecule has 0 aliphatic heterocycles. The first-order valence-corrected chi connectivity index (χ1v) is 2.06. The molecule has 0 aromatic carbocycles. The summed E-state index contributed by atoms with van der Waals surface area (Å²) < 4.78 is 26.0. The predicted molar refractivity (Wildman–Crippen MR) is 22.2 cm³/mol. The molecule has 7 heavy (non-hydrogen) atoms. The second-order valence-corrected chi connectivity index (χ2v) is 1.45. The minimum atomic E-state index is -2.63. The van der Waals surface area contributed by atoms with E-state index in [1.54, 1.807) is 13.8 Å². The summed E-state index contributed by atoms with van der Waals surface area (Å²) in [6, 6.07) is 0. The Bertz CT molecular complexity index is 39.0. The van der Waals surface area contributed by atoms with Gasteiger partial charge in [0.15, 0.2) is 0 Å². The quantitative estimate of drug-likeness (QED) is 0.525. The zero-order chi connectivity index (χ0) is 5.86. The summed E-state index contributed by atoms with van der Waals surface area (Å²) in [5.41, 5.74) is 0. The van der Waals surface area contributed by atoms with Crippen molar-refractivity contribution in [3.8, 4) is 0 Å². The highest BCUT2D eigenvalue weighted by Gasteiger charge is 2.02. The van der Waals surface area contributed by atoms with Crippen molar-refractivity contribution in [1.82, 2.24) is 0 Å². The van der Waals surface area contributed by atoms with Gasteiger partial charge in [-0.15, -0.1) is 0 Å². The molecule has 0 aromatic heterocycles. The Hall–Kier alpha value is -0.180. The molecule has 0 saturated carbocycles. The highest BCUT2D eigenvalue weighted by atomic mass is 19.3. The topological polar surface area (TPSA) is 9.23 Å². The number of ether oxygens (including phenoxy) is 1. The van der Waals surface area contributed by atoms with Gasteiger partial charge in [-0.3, -0.25) is 0 Å². The van der Waals surface area contributed by atoms with Gasteiger partial charge in [-0.05, 0) is 13.8 Å². The van der Waals surface area contributed by atoms with Crippen molar-refractivity contribution >= 4 is 0 Å². The zero-order valence-electron chi connectivity index (χ0n) is 4.32. The maximum absolute atomic E-state index is 11.1. The Morgan fingerprint density at radius 3 is 1.71 bits per heavy atom. The van der Waals surface area contributed by atoms with E-state index in [2.05, 4.69) is 4.74 Å². The standard InChI is InChI=1S/C4H8F2O/c1-3(2)7-4(5)6/h3-4H,1-2H3. The van der Waals surface area contributed by atoms with Gasteiger partial charge < -0.3 is 4.74 Å². The molecule has 0 atom stereocenters. The van der Waals surface area contributed by atoms with Gasteiger partial charge >= 0.3 is 6.61 Å². The third-order valence-electron chi connectivity index (χ3n) is 0.375. The van der Waals surface area contributed by atoms with Crippen LogP contribution in [0, 0.1) is 0 Å². The normalized spacial score (nSPS) is 11.1. The zero-order valence-corrected chi connectivity index (χ0v) is 4.32. The Kier molecular flexibility index (Phi) is 2.83. The van der Waals surface area contributed by atoms with Crippen LogP contribution in [0.25, 0.3) is 0 Å². The average Bonchev–Trinajstić information content (AvgIpc) is 1.27. The number of hydrogen-bond acceptors (Lipinski definition) is 1. The average molecular weight is 110 g/mol. The Balaban J connectivity index is 2.95. The van der Waals surface area contributed by atoms with E-state index in [0.29, 0.717) is 0 Å². The highest BCUT2D eigenvalue weighted by Crippen LogP contribution is 1.98. The highest BCUT2D eigenvalue weighted by molar-refractivity contribution is 4.31. The molecule has 0 spiro atoms. The molecule has 0 aromatic rings. The third-order valence-corrected chi connectivity index (χ3v) is 0.375. The maximum atomic E-state index is 11.1. The van der Waals surface area contributed by atoms with Crippen LogP contribution < -0.4 is 0 Å². The number of rotatable bonds is 2. The van der Waals surface area contributed by atoms with E-state index in [-0.39, 0.29) is 6.10 Å². The summed E-state index contributed by atoms with van der Waals surface area (Å²) in [6.07, 6.45) is -0.375. The lowest BCUT2D eigenvalue weighted by molar-refractivity contribution is -0.152. The van der Waals surface area contributed by atoms with E-state index in [4.69, 9.17) is 0 Å². The first kappa shape index (κ1) is 6.82. The molecule has 0 aliphatic carbocycles. The van der Waals surface area contributed by atoms with E-state index in [9.17, 15) is 8.78 Å². The lowest BCUT2D eigenvalue weighted by atomic mass is 10.5. The Labute approximate surface area is 41.3 Å². The monoisotopic (exact) mass is 110 g/mol. The van der Waals surface area contributed by atoms with Crippen molar-refractivity contribution in [3.63, 3.8) is 0 Å². The van der Waals surface area contributed by atoms with Gasteiger partial charge in [-0.2, -0.15) is 8.78 Å². The van der Waals surface area contributed by atoms with E-state index >= 15 is 0 Å². The van der Waals surface area contributed by atoms with Gasteiger partial charge in [0.2, 0.25) is 0 Å². The molecule has 3 heteroatoms. The third kappa shape index (κ3) is 5.82. The molecule has 0 radical (unpaired) electrons. The minimum absolute atomic E-state index is 0.375. The Morgan fingerprint density at radius 1 is 1.29 bits per heavy atom. The smallest absolute Gasteiger partial charge is 0.320 e. The van der Waals surface area contributed by atoms with Crippen LogP contribution in [-0.4, -0.2) is 12.7 Å². The van der Waals surface area contributed by atoms with Crippen molar-refractivity contribution in [3.05, 3.63) is 0 Å². The SMILES string of the molecule is CC(C)OC(F)F. The fraction of sp³-hybridized carbons (Fsp3) is 1.00. The fourth-order valence-corrected chi connectivity index (χ4v) is 0.206. The van der Waals surface area contributed by atoms with Crippen LogP contribution >= 0.6 is 0 Å². The fourth-order valence-electron chi connectivity index (χ4n) is 0.206. The number of halogens is 2. The molecule has 0 amide bonds. The van der Waals surface area contributed by atoms with E-state index < -0.39 is 6.61 Å². The second-order valence-electron chi connectivity index (χ2n) is 1.45. The van der Waals surface area contributed by atoms with Crippen LogP contribution in [0.5, 0.6) is 0 Å². The lowest BCUT2D eigenvalue weighted by Crippen LogP contribution is -2.06. The lowest BCUT2D eigenvalue weighted by Gasteiger charge is -2.02. The van der Waals surface area contributed by atoms with E-state index in [1.807, 2.05) is 0 Å². The van der Waals surface area contributed by atoms with Gasteiger partial charge in [-0.1, -0.05) is 0 Å². The first-order valence-electron chi connectivity index (χ1n) is 2.06. The van der Waals surface area contributed by atoms with Gasteiger partial charge in [0.05, 0.1) is 6.10 Å². The molecule has 44 valence electrons. The summed E-state index contributed by atoms with van der Waals surface area (Å²) in [6.45, 7) is 0.498. The van der Waals surface area contributed by atoms with E-state index in [1.165, 1.54) is 0 Å². The van der Waals surface area contributed by atoms with Crippen LogP contribution in [0.4, 0.5) is 8.78 Å². The van der Waals surface area contributed by atoms with Crippen LogP contribution in [0.3, 0.4) is 0 Å². The predicted octanol–water partition coefficient (Wildman–Crippen LogP) is 1.63. The van der Waals surface area contributed by atoms with Crippen molar-refractivity contribution in [1.29, 1.82) is 0 Å². The Morgan fingerprint density at radius 2 is 1.71 bits per heavy atom. The molecule has 0 N–H and O–H groups in total. The van der Waals surface area contributed by atoms with Crippen LogP contribution in [0.15, 0.2) is 0 Å². The first-order chi connectivity index (χ1) is 3.13. The van der Waals surface area contributed by atoms with Crippen molar-refractivity contribution in [2.75, 3.05) is 0 Å². The molecule has 0 saturated heterocycles. The molecule has 0 bridgehead atoms. The molecule has 0 fully saturated rings. The van der Waals surface area contributed by atoms with Gasteiger partial charge in [0, 0.05) is 0 Å². The molecular formula is C4H8F2O. The summed E-state index contributed by atoms with van der Waals surface area (Å²) in [4.78, 5) is 0. The summed E-state index contributed by atoms with van der Waals surface area (Å²) >= 11 is 0. The molecular weight excluding hydrogens is 102 g/mol. The number of alkyl halides is 2. The van der Waals surface area contributed by atoms with Crippen LogP contribution in [-0.2, 0) is 4.74 Å². The molecule has 0 unspecified atom stereocenters. The molecule has 0 aliphatic rings. The minimum Gasteiger partial charge on any atom is -0.320 e. The molecule has 1 nitrogen and oxygen atoms in total. The van der Waals surface area contributed by atoms with Gasteiger partial charge in [0.1, 0.15) is 0 Å². The number of hydrogen-bond donors (Lipinski definition) is 0. The summed E-state index contributed by atoms with van der Waals surface area (Å²) in [7, 11) is 0. The maximum Gasteiger partial charge on any atom is 0.345 e. The largest absolute Gasteiger partial charge is 0.345 e. The summed E-state index contributed by atoms with van der Waals surface area (Å²) in [5.74, 6) is 0. The molecule has 0 rings (SSSR count). The molecule has 0 heterocycles. The second kappa shape index (κ2) is 2.91. The van der Waals surface area contributed by atoms with Crippen molar-refractivity contribution in [2.24, 2.45) is 0 Å². The van der Waals surface area contributed by atoms with Gasteiger partial charge in [-0.25, -0.2) is 0 Å². The van der Waals surface area contributed by atoms with E-state index in [0.717, 1.165) is 0 Å². The van der Waals surface area contributed by atoms with Crippen molar-refractivity contribution in [2.45, 2.75) is 26.6 Å². The van der Waals surface area contributed by atoms with Crippen LogP contribution in [0.2, 0.25) is 0 Å². The van der Waals surface area contributed by atoms with Crippen molar-refractivity contribution < 1.29 is 13.5 Å². The van der Waals surface area contributed by atoms with Gasteiger partial charge in [0.25, 0.3) is 0 Å². The summed E-state index contributed by atoms with van der Waals surface area (Å²) in [5, 5.41) is 0.